The monoisotopic (exact) mass is 320 g/mol. The number of piperidine rings is 1. The molecule has 2 amide bonds. The van der Waals surface area contributed by atoms with Crippen LogP contribution in [-0.2, 0) is 0 Å². The molecular weight excluding hydrogens is 305 g/mol. The summed E-state index contributed by atoms with van der Waals surface area (Å²) in [4.78, 5) is 13.6. The molecule has 0 atom stereocenters. The summed E-state index contributed by atoms with van der Waals surface area (Å²) in [5.74, 6) is 0. The number of thioether (sulfide) groups is 1. The molecule has 116 valence electrons. The Labute approximate surface area is 124 Å². The smallest absolute Gasteiger partial charge is 0.393 e. The van der Waals surface area contributed by atoms with Gasteiger partial charge in [-0.3, -0.25) is 0 Å². The number of likely N-dealkylation sites (tertiary alicyclic amines) is 1. The van der Waals surface area contributed by atoms with Gasteiger partial charge in [-0.1, -0.05) is 0 Å². The Morgan fingerprint density at radius 1 is 1.24 bits per heavy atom. The molecule has 2 N–H and O–H groups in total. The molecule has 0 unspecified atom stereocenters. The van der Waals surface area contributed by atoms with Crippen molar-refractivity contribution in [2.75, 3.05) is 18.4 Å². The number of carbonyl (C=O) groups is 1. The summed E-state index contributed by atoms with van der Waals surface area (Å²) < 4.78 is 36.6. The number of hydrogen-bond acceptors (Lipinski definition) is 3. The molecule has 0 aromatic heterocycles. The number of aliphatic hydroxyl groups excluding tert-OH is 1. The SMILES string of the molecule is O=C(Nc1ccc(SC(F)(F)F)cc1)N1CCC(O)CC1. The molecule has 0 radical (unpaired) electrons. The zero-order valence-corrected chi connectivity index (χ0v) is 11.9. The molecule has 8 heteroatoms. The van der Waals surface area contributed by atoms with Crippen molar-refractivity contribution in [1.29, 1.82) is 0 Å². The summed E-state index contributed by atoms with van der Waals surface area (Å²) in [6.45, 7) is 0.935. The molecule has 1 aliphatic heterocycles. The first kappa shape index (κ1) is 16.0. The van der Waals surface area contributed by atoms with E-state index in [0.29, 0.717) is 31.6 Å². The topological polar surface area (TPSA) is 52.6 Å². The Balaban J connectivity index is 1.89. The fourth-order valence-electron chi connectivity index (χ4n) is 2.01. The molecule has 1 saturated heterocycles. The van der Waals surface area contributed by atoms with Crippen LogP contribution in [-0.4, -0.2) is 40.7 Å². The highest BCUT2D eigenvalue weighted by atomic mass is 32.2. The maximum Gasteiger partial charge on any atom is 0.446 e. The minimum Gasteiger partial charge on any atom is -0.393 e. The van der Waals surface area contributed by atoms with E-state index in [-0.39, 0.29) is 28.8 Å². The minimum atomic E-state index is -4.32. The number of aliphatic hydroxyl groups is 1. The normalized spacial score (nSPS) is 16.9. The quantitative estimate of drug-likeness (QED) is 0.822. The van der Waals surface area contributed by atoms with Crippen LogP contribution in [0.15, 0.2) is 29.2 Å². The maximum atomic E-state index is 12.2. The number of carbonyl (C=O) groups excluding carboxylic acids is 1. The van der Waals surface area contributed by atoms with Crippen LogP contribution in [0.1, 0.15) is 12.8 Å². The lowest BCUT2D eigenvalue weighted by atomic mass is 10.1. The highest BCUT2D eigenvalue weighted by Gasteiger charge is 2.29. The van der Waals surface area contributed by atoms with E-state index in [1.165, 1.54) is 24.3 Å². The van der Waals surface area contributed by atoms with Crippen molar-refractivity contribution in [2.45, 2.75) is 29.3 Å². The van der Waals surface area contributed by atoms with Gasteiger partial charge in [0.1, 0.15) is 0 Å². The van der Waals surface area contributed by atoms with Crippen LogP contribution in [0.5, 0.6) is 0 Å². The number of benzene rings is 1. The molecule has 0 aliphatic carbocycles. The van der Waals surface area contributed by atoms with Gasteiger partial charge < -0.3 is 15.3 Å². The third-order valence-corrected chi connectivity index (χ3v) is 3.83. The van der Waals surface area contributed by atoms with Crippen LogP contribution < -0.4 is 5.32 Å². The van der Waals surface area contributed by atoms with E-state index in [2.05, 4.69) is 5.32 Å². The fourth-order valence-corrected chi connectivity index (χ4v) is 2.55. The second-order valence-electron chi connectivity index (χ2n) is 4.72. The zero-order chi connectivity index (χ0) is 15.5. The number of nitrogens with one attached hydrogen (secondary N) is 1. The lowest BCUT2D eigenvalue weighted by Gasteiger charge is -2.29. The third-order valence-electron chi connectivity index (χ3n) is 3.09. The van der Waals surface area contributed by atoms with Crippen LogP contribution in [0.25, 0.3) is 0 Å². The average molecular weight is 320 g/mol. The van der Waals surface area contributed by atoms with Crippen molar-refractivity contribution in [2.24, 2.45) is 0 Å². The summed E-state index contributed by atoms with van der Waals surface area (Å²) in [5, 5.41) is 12.0. The van der Waals surface area contributed by atoms with Crippen LogP contribution >= 0.6 is 11.8 Å². The van der Waals surface area contributed by atoms with Gasteiger partial charge in [-0.2, -0.15) is 13.2 Å². The Morgan fingerprint density at radius 3 is 2.33 bits per heavy atom. The predicted octanol–water partition coefficient (Wildman–Crippen LogP) is 3.29. The molecule has 0 saturated carbocycles. The Hall–Kier alpha value is -1.41. The van der Waals surface area contributed by atoms with Gasteiger partial charge in [-0.15, -0.1) is 0 Å². The zero-order valence-electron chi connectivity index (χ0n) is 11.1. The van der Waals surface area contributed by atoms with Crippen LogP contribution in [0.3, 0.4) is 0 Å². The van der Waals surface area contributed by atoms with Crippen molar-refractivity contribution in [3.63, 3.8) is 0 Å². The summed E-state index contributed by atoms with van der Waals surface area (Å²) in [5.41, 5.74) is -3.88. The van der Waals surface area contributed by atoms with E-state index in [9.17, 15) is 23.1 Å². The Morgan fingerprint density at radius 2 is 1.81 bits per heavy atom. The van der Waals surface area contributed by atoms with E-state index >= 15 is 0 Å². The van der Waals surface area contributed by atoms with Gasteiger partial charge in [0.05, 0.1) is 6.10 Å². The lowest BCUT2D eigenvalue weighted by Crippen LogP contribution is -2.42. The summed E-state index contributed by atoms with van der Waals surface area (Å²) in [7, 11) is 0. The molecule has 4 nitrogen and oxygen atoms in total. The van der Waals surface area contributed by atoms with E-state index in [1.807, 2.05) is 0 Å². The first-order chi connectivity index (χ1) is 9.83. The van der Waals surface area contributed by atoms with Crippen molar-refractivity contribution >= 4 is 23.5 Å². The molecule has 2 rings (SSSR count). The third kappa shape index (κ3) is 5.13. The number of urea groups is 1. The fraction of sp³-hybridized carbons (Fsp3) is 0.462. The van der Waals surface area contributed by atoms with Crippen molar-refractivity contribution < 1.29 is 23.1 Å². The molecule has 21 heavy (non-hydrogen) atoms. The number of hydrogen-bond donors (Lipinski definition) is 2. The van der Waals surface area contributed by atoms with E-state index in [1.54, 1.807) is 4.90 Å². The van der Waals surface area contributed by atoms with E-state index in [0.717, 1.165) is 0 Å². The summed E-state index contributed by atoms with van der Waals surface area (Å²) >= 11 is -0.194. The number of nitrogens with zero attached hydrogens (tertiary/aromatic N) is 1. The number of rotatable bonds is 2. The number of alkyl halides is 3. The first-order valence-electron chi connectivity index (χ1n) is 6.43. The second kappa shape index (κ2) is 6.57. The van der Waals surface area contributed by atoms with Gasteiger partial charge >= 0.3 is 11.5 Å². The average Bonchev–Trinajstić information content (AvgIpc) is 2.40. The highest BCUT2D eigenvalue weighted by molar-refractivity contribution is 8.00. The first-order valence-corrected chi connectivity index (χ1v) is 7.25. The van der Waals surface area contributed by atoms with Gasteiger partial charge in [0, 0.05) is 23.7 Å². The number of amides is 2. The van der Waals surface area contributed by atoms with Crippen LogP contribution in [0.4, 0.5) is 23.7 Å². The van der Waals surface area contributed by atoms with Gasteiger partial charge in [-0.05, 0) is 48.9 Å². The van der Waals surface area contributed by atoms with Crippen molar-refractivity contribution in [3.8, 4) is 0 Å². The maximum absolute atomic E-state index is 12.2. The molecule has 1 aromatic carbocycles. The predicted molar refractivity (Wildman–Crippen MR) is 74.2 cm³/mol. The van der Waals surface area contributed by atoms with Crippen LogP contribution in [0, 0.1) is 0 Å². The number of anilines is 1. The molecular formula is C13H15F3N2O2S. The van der Waals surface area contributed by atoms with E-state index in [4.69, 9.17) is 0 Å². The summed E-state index contributed by atoms with van der Waals surface area (Å²) in [6, 6.07) is 5.19. The van der Waals surface area contributed by atoms with Gasteiger partial charge in [0.25, 0.3) is 0 Å². The van der Waals surface area contributed by atoms with E-state index < -0.39 is 5.51 Å². The molecule has 1 heterocycles. The highest BCUT2D eigenvalue weighted by Crippen LogP contribution is 2.37. The van der Waals surface area contributed by atoms with Crippen molar-refractivity contribution in [1.82, 2.24) is 4.90 Å². The standard InChI is InChI=1S/C13H15F3N2O2S/c14-13(15,16)21-11-3-1-9(2-4-11)17-12(20)18-7-5-10(19)6-8-18/h1-4,10,19H,5-8H2,(H,17,20). The minimum absolute atomic E-state index is 0.0709. The number of halogens is 3. The molecule has 0 bridgehead atoms. The van der Waals surface area contributed by atoms with Crippen LogP contribution in [0.2, 0.25) is 0 Å². The van der Waals surface area contributed by atoms with Gasteiger partial charge in [-0.25, -0.2) is 4.79 Å². The summed E-state index contributed by atoms with van der Waals surface area (Å²) in [6.07, 6.45) is 0.705. The Kier molecular flexibility index (Phi) is 5.00. The molecule has 1 aliphatic rings. The Bertz CT molecular complexity index is 485. The molecule has 1 fully saturated rings. The molecule has 1 aromatic rings. The van der Waals surface area contributed by atoms with Gasteiger partial charge in [0.2, 0.25) is 0 Å². The van der Waals surface area contributed by atoms with Crippen molar-refractivity contribution in [3.05, 3.63) is 24.3 Å². The lowest BCUT2D eigenvalue weighted by molar-refractivity contribution is -0.0328. The largest absolute Gasteiger partial charge is 0.446 e. The second-order valence-corrected chi connectivity index (χ2v) is 5.86. The van der Waals surface area contributed by atoms with Gasteiger partial charge in [0.15, 0.2) is 0 Å². The molecule has 0 spiro atoms.